The highest BCUT2D eigenvalue weighted by atomic mass is 16.5. The number of benzene rings is 2. The second-order valence-electron chi connectivity index (χ2n) is 5.90. The Balaban J connectivity index is 2.09. The summed E-state index contributed by atoms with van der Waals surface area (Å²) in [6, 6.07) is 13.9. The molecular formula is C18H20N2O2. The number of hydrogen-bond donors (Lipinski definition) is 0. The molecule has 0 bridgehead atoms. The van der Waals surface area contributed by atoms with E-state index in [1.165, 1.54) is 0 Å². The molecule has 1 unspecified atom stereocenters. The van der Waals surface area contributed by atoms with Gasteiger partial charge in [-0.3, -0.25) is 0 Å². The molecular weight excluding hydrogens is 276 g/mol. The van der Waals surface area contributed by atoms with Gasteiger partial charge in [0.25, 0.3) is 0 Å². The van der Waals surface area contributed by atoms with Gasteiger partial charge in [-0.1, -0.05) is 24.3 Å². The molecule has 0 radical (unpaired) electrons. The fourth-order valence-electron chi connectivity index (χ4n) is 2.81. The summed E-state index contributed by atoms with van der Waals surface area (Å²) in [6.07, 6.45) is -0.336. The van der Waals surface area contributed by atoms with Gasteiger partial charge in [-0.2, -0.15) is 0 Å². The first kappa shape index (κ1) is 14.4. The quantitative estimate of drug-likeness (QED) is 0.815. The van der Waals surface area contributed by atoms with Crippen molar-refractivity contribution in [2.75, 3.05) is 38.0 Å². The number of para-hydroxylation sites is 1. The molecule has 2 aromatic rings. The summed E-state index contributed by atoms with van der Waals surface area (Å²) in [4.78, 5) is 16.3. The van der Waals surface area contributed by atoms with Crippen LogP contribution in [0.1, 0.15) is 27.6 Å². The molecule has 0 saturated carbocycles. The molecule has 0 amide bonds. The Morgan fingerprint density at radius 3 is 2.32 bits per heavy atom. The summed E-state index contributed by atoms with van der Waals surface area (Å²) in [5, 5.41) is 0. The average molecular weight is 296 g/mol. The lowest BCUT2D eigenvalue weighted by molar-refractivity contribution is 0.0456. The van der Waals surface area contributed by atoms with Crippen LogP contribution in [0.5, 0.6) is 0 Å². The number of nitrogens with zero attached hydrogens (tertiary/aromatic N) is 2. The van der Waals surface area contributed by atoms with Crippen molar-refractivity contribution in [3.63, 3.8) is 0 Å². The van der Waals surface area contributed by atoms with Crippen LogP contribution in [0.4, 0.5) is 11.4 Å². The summed E-state index contributed by atoms with van der Waals surface area (Å²) in [5.41, 5.74) is 4.66. The Kier molecular flexibility index (Phi) is 3.53. The first-order valence-electron chi connectivity index (χ1n) is 7.27. The second kappa shape index (κ2) is 5.37. The molecule has 4 heteroatoms. The van der Waals surface area contributed by atoms with Crippen LogP contribution in [0.3, 0.4) is 0 Å². The van der Waals surface area contributed by atoms with Crippen LogP contribution < -0.4 is 9.80 Å². The number of cyclic esters (lactones) is 1. The Bertz CT molecular complexity index is 723. The lowest BCUT2D eigenvalue weighted by Gasteiger charge is -2.21. The largest absolute Gasteiger partial charge is 0.449 e. The molecule has 1 atom stereocenters. The van der Waals surface area contributed by atoms with Crippen molar-refractivity contribution in [2.24, 2.45) is 0 Å². The fourth-order valence-corrected chi connectivity index (χ4v) is 2.81. The molecule has 3 rings (SSSR count). The van der Waals surface area contributed by atoms with Crippen molar-refractivity contribution >= 4 is 17.3 Å². The fraction of sp³-hybridized carbons (Fsp3) is 0.278. The standard InChI is InChI=1S/C18H20N2O2/c1-19(2)12-9-10-13-15(11-12)18(21)22-17(13)14-7-5-6-8-16(14)20(3)4/h5-11,17H,1-4H3. The van der Waals surface area contributed by atoms with E-state index in [-0.39, 0.29) is 12.1 Å². The monoisotopic (exact) mass is 296 g/mol. The Morgan fingerprint density at radius 2 is 1.64 bits per heavy atom. The van der Waals surface area contributed by atoms with E-state index in [2.05, 4.69) is 0 Å². The molecule has 1 heterocycles. The van der Waals surface area contributed by atoms with Gasteiger partial charge in [-0.15, -0.1) is 0 Å². The van der Waals surface area contributed by atoms with E-state index in [1.807, 2.05) is 80.5 Å². The van der Waals surface area contributed by atoms with Gasteiger partial charge in [0.15, 0.2) is 6.10 Å². The minimum Gasteiger partial charge on any atom is -0.449 e. The van der Waals surface area contributed by atoms with Gasteiger partial charge < -0.3 is 14.5 Å². The molecule has 0 aromatic heterocycles. The lowest BCUT2D eigenvalue weighted by Crippen LogP contribution is -2.13. The smallest absolute Gasteiger partial charge is 0.339 e. The predicted octanol–water partition coefficient (Wildman–Crippen LogP) is 3.08. The topological polar surface area (TPSA) is 32.8 Å². The highest BCUT2D eigenvalue weighted by molar-refractivity contribution is 5.96. The SMILES string of the molecule is CN(C)c1ccc2c(c1)C(=O)OC2c1ccccc1N(C)C. The summed E-state index contributed by atoms with van der Waals surface area (Å²) in [6.45, 7) is 0. The van der Waals surface area contributed by atoms with Gasteiger partial charge >= 0.3 is 5.97 Å². The van der Waals surface area contributed by atoms with Crippen molar-refractivity contribution < 1.29 is 9.53 Å². The zero-order chi connectivity index (χ0) is 15.9. The Hall–Kier alpha value is -2.49. The molecule has 1 aliphatic rings. The third-order valence-electron chi connectivity index (χ3n) is 3.98. The number of fused-ring (bicyclic) bond motifs is 1. The number of carbonyl (C=O) groups excluding carboxylic acids is 1. The van der Waals surface area contributed by atoms with Crippen LogP contribution in [0.2, 0.25) is 0 Å². The maximum atomic E-state index is 12.3. The number of anilines is 2. The first-order valence-corrected chi connectivity index (χ1v) is 7.27. The van der Waals surface area contributed by atoms with Crippen molar-refractivity contribution in [1.82, 2.24) is 0 Å². The summed E-state index contributed by atoms with van der Waals surface area (Å²) in [5.74, 6) is -0.253. The van der Waals surface area contributed by atoms with Crippen molar-refractivity contribution in [2.45, 2.75) is 6.10 Å². The number of rotatable bonds is 3. The average Bonchev–Trinajstić information content (AvgIpc) is 2.83. The van der Waals surface area contributed by atoms with Crippen LogP contribution in [-0.4, -0.2) is 34.2 Å². The normalized spacial score (nSPS) is 16.2. The second-order valence-corrected chi connectivity index (χ2v) is 5.90. The van der Waals surface area contributed by atoms with E-state index in [9.17, 15) is 4.79 Å². The van der Waals surface area contributed by atoms with E-state index >= 15 is 0 Å². The molecule has 22 heavy (non-hydrogen) atoms. The van der Waals surface area contributed by atoms with Gasteiger partial charge in [0.05, 0.1) is 5.56 Å². The summed E-state index contributed by atoms with van der Waals surface area (Å²) < 4.78 is 5.66. The summed E-state index contributed by atoms with van der Waals surface area (Å²) >= 11 is 0. The molecule has 2 aromatic carbocycles. The molecule has 1 aliphatic heterocycles. The van der Waals surface area contributed by atoms with E-state index in [0.29, 0.717) is 5.56 Å². The van der Waals surface area contributed by atoms with Gasteiger partial charge in [0.1, 0.15) is 0 Å². The van der Waals surface area contributed by atoms with Gasteiger partial charge in [-0.05, 0) is 18.2 Å². The van der Waals surface area contributed by atoms with Crippen LogP contribution >= 0.6 is 0 Å². The van der Waals surface area contributed by atoms with Crippen LogP contribution in [0.25, 0.3) is 0 Å². The number of carbonyl (C=O) groups is 1. The van der Waals surface area contributed by atoms with E-state index in [0.717, 1.165) is 22.5 Å². The Morgan fingerprint density at radius 1 is 0.909 bits per heavy atom. The lowest BCUT2D eigenvalue weighted by atomic mass is 9.97. The van der Waals surface area contributed by atoms with Crippen molar-refractivity contribution in [3.05, 3.63) is 59.2 Å². The number of esters is 1. The molecule has 0 fully saturated rings. The zero-order valence-corrected chi connectivity index (χ0v) is 13.3. The highest BCUT2D eigenvalue weighted by Crippen LogP contribution is 2.40. The number of ether oxygens (including phenoxy) is 1. The van der Waals surface area contributed by atoms with Gasteiger partial charge in [0.2, 0.25) is 0 Å². The van der Waals surface area contributed by atoms with Crippen molar-refractivity contribution in [3.8, 4) is 0 Å². The molecule has 0 aliphatic carbocycles. The Labute approximate surface area is 130 Å². The highest BCUT2D eigenvalue weighted by Gasteiger charge is 2.34. The predicted molar refractivity (Wildman–Crippen MR) is 88.8 cm³/mol. The van der Waals surface area contributed by atoms with E-state index in [4.69, 9.17) is 4.74 Å². The molecule has 0 saturated heterocycles. The summed E-state index contributed by atoms with van der Waals surface area (Å²) in [7, 11) is 7.90. The zero-order valence-electron chi connectivity index (χ0n) is 13.3. The molecule has 114 valence electrons. The molecule has 0 spiro atoms. The van der Waals surface area contributed by atoms with Crippen LogP contribution in [-0.2, 0) is 4.74 Å². The maximum Gasteiger partial charge on any atom is 0.339 e. The maximum absolute atomic E-state index is 12.3. The molecule has 0 N–H and O–H groups in total. The van der Waals surface area contributed by atoms with Gasteiger partial charge in [-0.25, -0.2) is 4.79 Å². The number of hydrogen-bond acceptors (Lipinski definition) is 4. The van der Waals surface area contributed by atoms with Gasteiger partial charge in [0, 0.05) is 50.7 Å². The third kappa shape index (κ3) is 2.30. The minimum atomic E-state index is -0.336. The van der Waals surface area contributed by atoms with Crippen LogP contribution in [0, 0.1) is 0 Å². The minimum absolute atomic E-state index is 0.253. The molecule has 4 nitrogen and oxygen atoms in total. The van der Waals surface area contributed by atoms with Crippen molar-refractivity contribution in [1.29, 1.82) is 0 Å². The van der Waals surface area contributed by atoms with Crippen LogP contribution in [0.15, 0.2) is 42.5 Å². The van der Waals surface area contributed by atoms with E-state index in [1.54, 1.807) is 0 Å². The van der Waals surface area contributed by atoms with E-state index < -0.39 is 0 Å². The third-order valence-corrected chi connectivity index (χ3v) is 3.98. The first-order chi connectivity index (χ1) is 10.5.